The number of hydrazone groups is 1. The smallest absolute Gasteiger partial charge is 0.280 e. The van der Waals surface area contributed by atoms with Crippen LogP contribution in [0.1, 0.15) is 21.5 Å². The first kappa shape index (κ1) is 25.8. The van der Waals surface area contributed by atoms with E-state index in [1.807, 2.05) is 25.1 Å². The zero-order valence-corrected chi connectivity index (χ0v) is 22.2. The van der Waals surface area contributed by atoms with Gasteiger partial charge in [0.25, 0.3) is 5.91 Å². The molecule has 0 saturated heterocycles. The zero-order chi connectivity index (χ0) is 26.5. The van der Waals surface area contributed by atoms with Gasteiger partial charge in [0.1, 0.15) is 0 Å². The van der Waals surface area contributed by atoms with Crippen molar-refractivity contribution in [2.75, 3.05) is 40.6 Å². The van der Waals surface area contributed by atoms with Crippen LogP contribution >= 0.6 is 11.3 Å². The molecule has 9 nitrogen and oxygen atoms in total. The first-order chi connectivity index (χ1) is 17.9. The molecule has 192 valence electrons. The van der Waals surface area contributed by atoms with Gasteiger partial charge < -0.3 is 23.7 Å². The third-order valence-corrected chi connectivity index (χ3v) is 6.54. The maximum Gasteiger partial charge on any atom is 0.280 e. The van der Waals surface area contributed by atoms with Crippen LogP contribution in [0.4, 0.5) is 5.13 Å². The molecule has 0 fully saturated rings. The number of anilines is 1. The van der Waals surface area contributed by atoms with E-state index in [2.05, 4.69) is 10.1 Å². The summed E-state index contributed by atoms with van der Waals surface area (Å²) in [6, 6.07) is 14.4. The highest BCUT2D eigenvalue weighted by Gasteiger charge is 2.23. The molecule has 37 heavy (non-hydrogen) atoms. The van der Waals surface area contributed by atoms with Gasteiger partial charge in [0.2, 0.25) is 10.9 Å². The number of hydrogen-bond donors (Lipinski definition) is 0. The maximum atomic E-state index is 13.7. The molecule has 0 atom stereocenters. The number of nitrogens with zero attached hydrogens (tertiary/aromatic N) is 3. The fourth-order valence-electron chi connectivity index (χ4n) is 3.69. The number of thiazole rings is 1. The normalized spacial score (nSPS) is 11.0. The van der Waals surface area contributed by atoms with Gasteiger partial charge in [0.05, 0.1) is 52.0 Å². The number of carbonyl (C=O) groups excluding carboxylic acids is 1. The summed E-state index contributed by atoms with van der Waals surface area (Å²) in [5.41, 5.74) is 2.87. The van der Waals surface area contributed by atoms with E-state index < -0.39 is 0 Å². The number of benzene rings is 3. The van der Waals surface area contributed by atoms with Gasteiger partial charge in [0, 0.05) is 11.1 Å². The highest BCUT2D eigenvalue weighted by Crippen LogP contribution is 2.38. The van der Waals surface area contributed by atoms with Gasteiger partial charge in [0.15, 0.2) is 23.0 Å². The molecule has 0 spiro atoms. The van der Waals surface area contributed by atoms with Crippen LogP contribution in [-0.2, 0) is 0 Å². The molecule has 0 N–H and O–H groups in total. The molecule has 0 aliphatic rings. The van der Waals surface area contributed by atoms with Crippen molar-refractivity contribution in [1.82, 2.24) is 4.98 Å². The second-order valence-corrected chi connectivity index (χ2v) is 8.87. The van der Waals surface area contributed by atoms with Gasteiger partial charge in [-0.2, -0.15) is 10.1 Å². The molecule has 4 rings (SSSR count). The molecule has 0 radical (unpaired) electrons. The van der Waals surface area contributed by atoms with E-state index >= 15 is 0 Å². The Hall–Kier alpha value is -4.31. The number of fused-ring (bicyclic) bond motifs is 1. The van der Waals surface area contributed by atoms with E-state index in [1.165, 1.54) is 51.9 Å². The minimum absolute atomic E-state index is 0.357. The van der Waals surface area contributed by atoms with Crippen molar-refractivity contribution in [3.05, 3.63) is 65.2 Å². The highest BCUT2D eigenvalue weighted by atomic mass is 32.1. The second-order valence-electron chi connectivity index (χ2n) is 7.86. The maximum absolute atomic E-state index is 13.7. The standard InChI is InChI=1S/C27H27N3O6S/c1-16-7-9-19-24(11-16)37-27(29-19)30(26(31)18-8-10-20(32-2)21(14-18)33-3)28-15-17-12-22(34-4)25(36-6)23(13-17)35-5/h7-15H,1-6H3/b28-15+. The number of rotatable bonds is 9. The molecule has 1 amide bonds. The van der Waals surface area contributed by atoms with Crippen molar-refractivity contribution in [2.45, 2.75) is 6.92 Å². The van der Waals surface area contributed by atoms with Crippen LogP contribution in [0.15, 0.2) is 53.6 Å². The van der Waals surface area contributed by atoms with Crippen LogP contribution in [0.3, 0.4) is 0 Å². The zero-order valence-electron chi connectivity index (χ0n) is 21.4. The quantitative estimate of drug-likeness (QED) is 0.217. The van der Waals surface area contributed by atoms with Crippen LogP contribution in [0.2, 0.25) is 0 Å². The van der Waals surface area contributed by atoms with Crippen molar-refractivity contribution in [3.8, 4) is 28.7 Å². The number of aromatic nitrogens is 1. The molecule has 0 unspecified atom stereocenters. The number of ether oxygens (including phenoxy) is 5. The summed E-state index contributed by atoms with van der Waals surface area (Å²) in [4.78, 5) is 18.4. The fourth-order valence-corrected chi connectivity index (χ4v) is 4.71. The average Bonchev–Trinajstić information content (AvgIpc) is 3.34. The Balaban J connectivity index is 1.80. The fraction of sp³-hybridized carbons (Fsp3) is 0.222. The molecule has 1 aromatic heterocycles. The predicted molar refractivity (Wildman–Crippen MR) is 144 cm³/mol. The van der Waals surface area contributed by atoms with Gasteiger partial charge in [-0.15, -0.1) is 0 Å². The topological polar surface area (TPSA) is 91.7 Å². The minimum Gasteiger partial charge on any atom is -0.493 e. The monoisotopic (exact) mass is 521 g/mol. The summed E-state index contributed by atoms with van der Waals surface area (Å²) in [7, 11) is 7.66. The lowest BCUT2D eigenvalue weighted by Gasteiger charge is -2.16. The van der Waals surface area contributed by atoms with Gasteiger partial charge >= 0.3 is 0 Å². The van der Waals surface area contributed by atoms with Gasteiger partial charge in [-0.25, -0.2) is 4.98 Å². The van der Waals surface area contributed by atoms with Crippen LogP contribution in [-0.4, -0.2) is 52.7 Å². The van der Waals surface area contributed by atoms with E-state index in [0.717, 1.165) is 15.8 Å². The summed E-state index contributed by atoms with van der Waals surface area (Å²) in [6.45, 7) is 2.01. The first-order valence-corrected chi connectivity index (χ1v) is 12.0. The summed E-state index contributed by atoms with van der Waals surface area (Å²) < 4.78 is 27.9. The summed E-state index contributed by atoms with van der Waals surface area (Å²) in [5.74, 6) is 1.96. The highest BCUT2D eigenvalue weighted by molar-refractivity contribution is 7.22. The predicted octanol–water partition coefficient (Wildman–Crippen LogP) is 5.33. The molecule has 3 aromatic carbocycles. The average molecular weight is 522 g/mol. The van der Waals surface area contributed by atoms with Gasteiger partial charge in [-0.1, -0.05) is 17.4 Å². The molecule has 0 bridgehead atoms. The van der Waals surface area contributed by atoms with Crippen LogP contribution < -0.4 is 28.7 Å². The molecular weight excluding hydrogens is 494 g/mol. The van der Waals surface area contributed by atoms with Crippen molar-refractivity contribution in [1.29, 1.82) is 0 Å². The Labute approximate surface area is 218 Å². The number of carbonyl (C=O) groups is 1. The van der Waals surface area contributed by atoms with E-state index in [0.29, 0.717) is 45.0 Å². The lowest BCUT2D eigenvalue weighted by molar-refractivity contribution is 0.0987. The summed E-state index contributed by atoms with van der Waals surface area (Å²) >= 11 is 1.37. The van der Waals surface area contributed by atoms with Crippen LogP contribution in [0, 0.1) is 6.92 Å². The Morgan fingerprint density at radius 3 is 2.14 bits per heavy atom. The minimum atomic E-state index is -0.388. The molecule has 0 aliphatic heterocycles. The first-order valence-electron chi connectivity index (χ1n) is 11.2. The SMILES string of the molecule is COc1ccc(C(=O)N(/N=C/c2cc(OC)c(OC)c(OC)c2)c2nc3ccc(C)cc3s2)cc1OC. The molecule has 0 saturated carbocycles. The molecule has 4 aromatic rings. The Kier molecular flexibility index (Phi) is 7.78. The number of aryl methyl sites for hydroxylation is 1. The Morgan fingerprint density at radius 2 is 1.51 bits per heavy atom. The third-order valence-electron chi connectivity index (χ3n) is 5.55. The molecule has 1 heterocycles. The van der Waals surface area contributed by atoms with Gasteiger partial charge in [-0.05, 0) is 55.0 Å². The van der Waals surface area contributed by atoms with Crippen LogP contribution in [0.25, 0.3) is 10.2 Å². The van der Waals surface area contributed by atoms with E-state index in [1.54, 1.807) is 36.5 Å². The lowest BCUT2D eigenvalue weighted by Crippen LogP contribution is -2.25. The van der Waals surface area contributed by atoms with E-state index in [-0.39, 0.29) is 5.91 Å². The van der Waals surface area contributed by atoms with Crippen molar-refractivity contribution >= 4 is 38.8 Å². The van der Waals surface area contributed by atoms with Gasteiger partial charge in [-0.3, -0.25) is 4.79 Å². The van der Waals surface area contributed by atoms with Crippen molar-refractivity contribution < 1.29 is 28.5 Å². The third kappa shape index (κ3) is 5.29. The summed E-state index contributed by atoms with van der Waals surface area (Å²) in [6.07, 6.45) is 1.54. The van der Waals surface area contributed by atoms with Crippen molar-refractivity contribution in [3.63, 3.8) is 0 Å². The Bertz CT molecular complexity index is 1440. The number of hydrogen-bond acceptors (Lipinski definition) is 9. The van der Waals surface area contributed by atoms with Crippen LogP contribution in [0.5, 0.6) is 28.7 Å². The molecule has 0 aliphatic carbocycles. The van der Waals surface area contributed by atoms with E-state index in [9.17, 15) is 4.79 Å². The Morgan fingerprint density at radius 1 is 0.838 bits per heavy atom. The molecule has 10 heteroatoms. The summed E-state index contributed by atoms with van der Waals surface area (Å²) in [5, 5.41) is 6.23. The lowest BCUT2D eigenvalue weighted by atomic mass is 10.2. The number of amides is 1. The number of methoxy groups -OCH3 is 5. The largest absolute Gasteiger partial charge is 0.493 e. The second kappa shape index (κ2) is 11.2. The van der Waals surface area contributed by atoms with Crippen molar-refractivity contribution in [2.24, 2.45) is 5.10 Å². The van der Waals surface area contributed by atoms with E-state index in [4.69, 9.17) is 23.7 Å². The molecular formula is C27H27N3O6S.